The van der Waals surface area contributed by atoms with E-state index in [4.69, 9.17) is 0 Å². The van der Waals surface area contributed by atoms with Crippen molar-refractivity contribution in [1.82, 2.24) is 4.57 Å². The van der Waals surface area contributed by atoms with Crippen molar-refractivity contribution in [3.05, 3.63) is 48.8 Å². The largest absolute Gasteiger partial charge is 1.00 e. The summed E-state index contributed by atoms with van der Waals surface area (Å²) in [6.45, 7) is 0.658. The van der Waals surface area contributed by atoms with E-state index in [1.54, 1.807) is 12.3 Å². The third-order valence-corrected chi connectivity index (χ3v) is 2.43. The van der Waals surface area contributed by atoms with Crippen molar-refractivity contribution in [2.24, 2.45) is 7.05 Å². The first-order valence-corrected chi connectivity index (χ1v) is 5.27. The standard InChI is InChI=1S/C12H15N3O2.2ClH/c1-13-6-7-15(9-13)10-14-5-3-4-11(8-14)12(16)17-2;;/h3-9H,10H2,1-2H3;2*1H/q+2;;/p-2. The highest BCUT2D eigenvalue weighted by Crippen LogP contribution is 1.96. The Kier molecular flexibility index (Phi) is 7.11. The van der Waals surface area contributed by atoms with Crippen molar-refractivity contribution in [3.8, 4) is 0 Å². The van der Waals surface area contributed by atoms with Crippen LogP contribution in [0.25, 0.3) is 0 Å². The number of aryl methyl sites for hydroxylation is 1. The van der Waals surface area contributed by atoms with Gasteiger partial charge in [0.05, 0.1) is 14.2 Å². The zero-order valence-corrected chi connectivity index (χ0v) is 12.2. The van der Waals surface area contributed by atoms with E-state index in [0.29, 0.717) is 12.2 Å². The van der Waals surface area contributed by atoms with E-state index in [2.05, 4.69) is 4.74 Å². The molecule has 0 aromatic carbocycles. The topological polar surface area (TPSA) is 39.0 Å². The average molecular weight is 304 g/mol. The van der Waals surface area contributed by atoms with Crippen LogP contribution in [0.3, 0.4) is 0 Å². The Balaban J connectivity index is 0.00000162. The number of halogens is 2. The summed E-state index contributed by atoms with van der Waals surface area (Å²) in [6, 6.07) is 3.56. The van der Waals surface area contributed by atoms with Crippen LogP contribution in [0.2, 0.25) is 0 Å². The molecule has 2 heterocycles. The molecule has 0 N–H and O–H groups in total. The van der Waals surface area contributed by atoms with Gasteiger partial charge in [0, 0.05) is 6.07 Å². The quantitative estimate of drug-likeness (QED) is 0.418. The van der Waals surface area contributed by atoms with E-state index in [9.17, 15) is 4.79 Å². The molecule has 0 saturated carbocycles. The molecule has 0 aliphatic heterocycles. The second-order valence-electron chi connectivity index (χ2n) is 3.83. The van der Waals surface area contributed by atoms with Gasteiger partial charge in [0.25, 0.3) is 6.67 Å². The first kappa shape index (κ1) is 17.4. The predicted molar refractivity (Wildman–Crippen MR) is 59.0 cm³/mol. The number of methoxy groups -OCH3 is 1. The Labute approximate surface area is 124 Å². The number of carbonyl (C=O) groups excluding carboxylic acids is 1. The van der Waals surface area contributed by atoms with Crippen molar-refractivity contribution >= 4 is 5.97 Å². The fourth-order valence-corrected chi connectivity index (χ4v) is 1.62. The minimum Gasteiger partial charge on any atom is -1.00 e. The van der Waals surface area contributed by atoms with E-state index < -0.39 is 0 Å². The molecule has 104 valence electrons. The van der Waals surface area contributed by atoms with Gasteiger partial charge < -0.3 is 29.6 Å². The molecule has 0 fully saturated rings. The lowest BCUT2D eigenvalue weighted by Gasteiger charge is -1.97. The van der Waals surface area contributed by atoms with E-state index in [0.717, 1.165) is 0 Å². The van der Waals surface area contributed by atoms with Crippen LogP contribution in [0.1, 0.15) is 10.4 Å². The Hall–Kier alpha value is -1.59. The van der Waals surface area contributed by atoms with E-state index in [-0.39, 0.29) is 30.8 Å². The third kappa shape index (κ3) is 4.54. The summed E-state index contributed by atoms with van der Waals surface area (Å²) in [7, 11) is 3.34. The number of hydrogen-bond acceptors (Lipinski definition) is 2. The zero-order valence-electron chi connectivity index (χ0n) is 10.7. The number of imidazole rings is 1. The second kappa shape index (κ2) is 7.76. The summed E-state index contributed by atoms with van der Waals surface area (Å²) in [4.78, 5) is 11.4. The number of esters is 1. The van der Waals surface area contributed by atoms with E-state index in [1.807, 2.05) is 51.7 Å². The van der Waals surface area contributed by atoms with Crippen molar-refractivity contribution in [2.75, 3.05) is 7.11 Å². The molecule has 0 bridgehead atoms. The maximum Gasteiger partial charge on any atom is 0.343 e. The molecule has 0 aliphatic carbocycles. The smallest absolute Gasteiger partial charge is 0.343 e. The first-order valence-electron chi connectivity index (χ1n) is 5.27. The number of rotatable bonds is 3. The van der Waals surface area contributed by atoms with Gasteiger partial charge in [-0.15, -0.1) is 0 Å². The SMILES string of the molecule is COC(=O)c1ccc[n+](Cn2cc[n+](C)c2)c1.[Cl-].[Cl-]. The molecular formula is C12H15Cl2N3O2. The molecule has 5 nitrogen and oxygen atoms in total. The molecule has 7 heteroatoms. The molecule has 0 radical (unpaired) electrons. The first-order chi connectivity index (χ1) is 8.19. The summed E-state index contributed by atoms with van der Waals surface area (Å²) in [5, 5.41) is 0. The molecule has 0 saturated heterocycles. The predicted octanol–water partition coefficient (Wildman–Crippen LogP) is -6.10. The molecule has 2 aromatic heterocycles. The highest BCUT2D eigenvalue weighted by Gasteiger charge is 2.12. The summed E-state index contributed by atoms with van der Waals surface area (Å²) in [5.41, 5.74) is 0.548. The summed E-state index contributed by atoms with van der Waals surface area (Å²) >= 11 is 0. The van der Waals surface area contributed by atoms with Gasteiger partial charge in [-0.05, 0) is 6.07 Å². The van der Waals surface area contributed by atoms with Gasteiger partial charge in [0.15, 0.2) is 12.4 Å². The highest BCUT2D eigenvalue weighted by molar-refractivity contribution is 5.88. The van der Waals surface area contributed by atoms with Gasteiger partial charge >= 0.3 is 5.97 Å². The maximum atomic E-state index is 11.4. The number of ether oxygens (including phenoxy) is 1. The fraction of sp³-hybridized carbons (Fsp3) is 0.250. The van der Waals surface area contributed by atoms with Crippen molar-refractivity contribution < 1.29 is 43.5 Å². The molecule has 0 amide bonds. The third-order valence-electron chi connectivity index (χ3n) is 2.43. The summed E-state index contributed by atoms with van der Waals surface area (Å²) < 4.78 is 10.6. The normalized spacial score (nSPS) is 9.16. The molecule has 2 rings (SSSR count). The number of carbonyl (C=O) groups is 1. The molecule has 0 spiro atoms. The Bertz CT molecular complexity index is 543. The van der Waals surface area contributed by atoms with E-state index in [1.165, 1.54) is 7.11 Å². The Morgan fingerprint density at radius 1 is 1.37 bits per heavy atom. The Morgan fingerprint density at radius 3 is 2.68 bits per heavy atom. The minimum atomic E-state index is -0.322. The second-order valence-corrected chi connectivity index (χ2v) is 3.83. The summed E-state index contributed by atoms with van der Waals surface area (Å²) in [5.74, 6) is -0.322. The zero-order chi connectivity index (χ0) is 12.3. The van der Waals surface area contributed by atoms with Crippen LogP contribution >= 0.6 is 0 Å². The van der Waals surface area contributed by atoms with Crippen LogP contribution in [0.5, 0.6) is 0 Å². The van der Waals surface area contributed by atoms with Gasteiger partial charge in [-0.25, -0.2) is 9.36 Å². The van der Waals surface area contributed by atoms with Gasteiger partial charge in [-0.3, -0.25) is 0 Å². The molecule has 2 aromatic rings. The lowest BCUT2D eigenvalue weighted by Crippen LogP contribution is -3.00. The van der Waals surface area contributed by atoms with E-state index >= 15 is 0 Å². The van der Waals surface area contributed by atoms with Crippen molar-refractivity contribution in [1.29, 1.82) is 0 Å². The molecule has 0 unspecified atom stereocenters. The number of nitrogens with zero attached hydrogens (tertiary/aromatic N) is 3. The van der Waals surface area contributed by atoms with Crippen LogP contribution in [0, 0.1) is 0 Å². The van der Waals surface area contributed by atoms with Gasteiger partial charge in [0.2, 0.25) is 6.33 Å². The van der Waals surface area contributed by atoms with Crippen LogP contribution in [-0.4, -0.2) is 17.6 Å². The van der Waals surface area contributed by atoms with Crippen LogP contribution in [0.4, 0.5) is 0 Å². The number of pyridine rings is 1. The Morgan fingerprint density at radius 2 is 2.11 bits per heavy atom. The lowest BCUT2D eigenvalue weighted by molar-refractivity contribution is -0.707. The van der Waals surface area contributed by atoms with Crippen LogP contribution in [-0.2, 0) is 18.5 Å². The van der Waals surface area contributed by atoms with Gasteiger partial charge in [-0.1, -0.05) is 0 Å². The highest BCUT2D eigenvalue weighted by atomic mass is 35.5. The summed E-state index contributed by atoms with van der Waals surface area (Å²) in [6.07, 6.45) is 9.58. The molecule has 0 atom stereocenters. The minimum absolute atomic E-state index is 0. The van der Waals surface area contributed by atoms with Crippen molar-refractivity contribution in [2.45, 2.75) is 6.67 Å². The average Bonchev–Trinajstić information content (AvgIpc) is 2.74. The number of hydrogen-bond donors (Lipinski definition) is 0. The number of aromatic nitrogens is 3. The fourth-order valence-electron chi connectivity index (χ4n) is 1.62. The maximum absolute atomic E-state index is 11.4. The van der Waals surface area contributed by atoms with Crippen molar-refractivity contribution in [3.63, 3.8) is 0 Å². The molecule has 19 heavy (non-hydrogen) atoms. The lowest BCUT2D eigenvalue weighted by atomic mass is 10.3. The van der Waals surface area contributed by atoms with Gasteiger partial charge in [-0.2, -0.15) is 9.13 Å². The monoisotopic (exact) mass is 303 g/mol. The van der Waals surface area contributed by atoms with Crippen LogP contribution < -0.4 is 33.9 Å². The molecule has 0 aliphatic rings. The molecular weight excluding hydrogens is 289 g/mol. The van der Waals surface area contributed by atoms with Gasteiger partial charge in [0.1, 0.15) is 18.0 Å². The van der Waals surface area contributed by atoms with Crippen LogP contribution in [0.15, 0.2) is 43.2 Å².